The fourth-order valence-corrected chi connectivity index (χ4v) is 1.30. The zero-order chi connectivity index (χ0) is 11.1. The van der Waals surface area contributed by atoms with E-state index in [2.05, 4.69) is 12.6 Å². The number of carbonyl (C=O) groups is 2. The zero-order valence-corrected chi connectivity index (χ0v) is 11.9. The Balaban J connectivity index is -0.000000282. The van der Waals surface area contributed by atoms with E-state index in [0.29, 0.717) is 5.75 Å². The molecule has 15 heavy (non-hydrogen) atoms. The SMILES string of the molecule is CSCC(OC(=O)[C@@H](C)CS)C(=O)O.[H-].[H-].[Mg+2]. The molecule has 1 unspecified atom stereocenters. The maximum Gasteiger partial charge on any atom is 2.00 e. The van der Waals surface area contributed by atoms with Gasteiger partial charge in [-0.15, -0.1) is 0 Å². The second kappa shape index (κ2) is 9.62. The fourth-order valence-electron chi connectivity index (χ4n) is 0.638. The van der Waals surface area contributed by atoms with Crippen molar-refractivity contribution in [2.75, 3.05) is 17.8 Å². The zero-order valence-electron chi connectivity index (χ0n) is 10.8. The summed E-state index contributed by atoms with van der Waals surface area (Å²) in [6.07, 6.45) is 0.700. The van der Waals surface area contributed by atoms with Gasteiger partial charge in [-0.2, -0.15) is 24.4 Å². The van der Waals surface area contributed by atoms with Crippen LogP contribution in [0.25, 0.3) is 0 Å². The van der Waals surface area contributed by atoms with Crippen molar-refractivity contribution < 1.29 is 22.3 Å². The molecule has 0 radical (unpaired) electrons. The Bertz CT molecular complexity index is 222. The van der Waals surface area contributed by atoms with E-state index >= 15 is 0 Å². The number of aliphatic carboxylic acids is 1. The van der Waals surface area contributed by atoms with Crippen molar-refractivity contribution in [3.63, 3.8) is 0 Å². The third-order valence-corrected chi connectivity index (χ3v) is 2.71. The first-order chi connectivity index (χ1) is 6.52. The van der Waals surface area contributed by atoms with Gasteiger partial charge >= 0.3 is 35.0 Å². The van der Waals surface area contributed by atoms with Gasteiger partial charge in [0.1, 0.15) is 0 Å². The van der Waals surface area contributed by atoms with Crippen LogP contribution in [0.3, 0.4) is 0 Å². The van der Waals surface area contributed by atoms with Gasteiger partial charge in [0.15, 0.2) is 0 Å². The van der Waals surface area contributed by atoms with E-state index in [1.54, 1.807) is 13.2 Å². The molecule has 0 aromatic carbocycles. The van der Waals surface area contributed by atoms with Crippen molar-refractivity contribution in [2.24, 2.45) is 5.92 Å². The van der Waals surface area contributed by atoms with Gasteiger partial charge < -0.3 is 12.7 Å². The molecular weight excluding hydrogens is 249 g/mol. The molecule has 0 saturated heterocycles. The molecular formula is C8H16MgO4S2. The molecule has 2 atom stereocenters. The van der Waals surface area contributed by atoms with Crippen LogP contribution >= 0.6 is 24.4 Å². The molecule has 0 bridgehead atoms. The van der Waals surface area contributed by atoms with Crippen molar-refractivity contribution in [2.45, 2.75) is 13.0 Å². The molecule has 0 aliphatic carbocycles. The second-order valence-corrected chi connectivity index (χ2v) is 4.08. The van der Waals surface area contributed by atoms with Gasteiger partial charge in [-0.1, -0.05) is 6.92 Å². The fraction of sp³-hybridized carbons (Fsp3) is 0.750. The van der Waals surface area contributed by atoms with E-state index < -0.39 is 18.0 Å². The van der Waals surface area contributed by atoms with Gasteiger partial charge in [0.2, 0.25) is 6.10 Å². The Labute approximate surface area is 118 Å². The summed E-state index contributed by atoms with van der Waals surface area (Å²) >= 11 is 5.25. The summed E-state index contributed by atoms with van der Waals surface area (Å²) < 4.78 is 4.80. The normalized spacial score (nSPS) is 13.5. The summed E-state index contributed by atoms with van der Waals surface area (Å²) in [7, 11) is 0. The van der Waals surface area contributed by atoms with Crippen LogP contribution in [0.1, 0.15) is 9.78 Å². The first kappa shape index (κ1) is 17.8. The summed E-state index contributed by atoms with van der Waals surface area (Å²) in [5, 5.41) is 8.70. The molecule has 0 fully saturated rings. The van der Waals surface area contributed by atoms with E-state index in [1.165, 1.54) is 11.8 Å². The molecule has 0 aliphatic heterocycles. The van der Waals surface area contributed by atoms with Crippen molar-refractivity contribution in [3.8, 4) is 0 Å². The molecule has 0 aliphatic rings. The molecule has 0 saturated carbocycles. The number of hydrogen-bond acceptors (Lipinski definition) is 5. The number of rotatable bonds is 6. The van der Waals surface area contributed by atoms with Crippen LogP contribution in [0.15, 0.2) is 0 Å². The molecule has 0 aromatic heterocycles. The van der Waals surface area contributed by atoms with E-state index in [9.17, 15) is 9.59 Å². The molecule has 1 N–H and O–H groups in total. The Morgan fingerprint density at radius 3 is 2.47 bits per heavy atom. The van der Waals surface area contributed by atoms with Crippen LogP contribution in [0.4, 0.5) is 0 Å². The average molecular weight is 265 g/mol. The number of carboxylic acids is 1. The summed E-state index contributed by atoms with van der Waals surface area (Å²) in [6, 6.07) is 0. The van der Waals surface area contributed by atoms with Gasteiger partial charge in [-0.05, 0) is 6.26 Å². The van der Waals surface area contributed by atoms with Crippen molar-refractivity contribution in [3.05, 3.63) is 0 Å². The third kappa shape index (κ3) is 7.32. The molecule has 4 nitrogen and oxygen atoms in total. The third-order valence-electron chi connectivity index (χ3n) is 1.53. The second-order valence-electron chi connectivity index (χ2n) is 2.80. The summed E-state index contributed by atoms with van der Waals surface area (Å²) in [5.74, 6) is -1.38. The molecule has 0 aromatic rings. The molecule has 0 heterocycles. The summed E-state index contributed by atoms with van der Waals surface area (Å²) in [4.78, 5) is 21.8. The Kier molecular flexibility index (Phi) is 11.4. The Morgan fingerprint density at radius 1 is 1.60 bits per heavy atom. The van der Waals surface area contributed by atoms with E-state index in [-0.39, 0.29) is 37.6 Å². The largest absolute Gasteiger partial charge is 2.00 e. The Hall–Kier alpha value is 0.406. The number of thiol groups is 1. The summed E-state index contributed by atoms with van der Waals surface area (Å²) in [6.45, 7) is 1.65. The number of carbonyl (C=O) groups excluding carboxylic acids is 1. The summed E-state index contributed by atoms with van der Waals surface area (Å²) in [5.41, 5.74) is 0. The van der Waals surface area contributed by atoms with Crippen molar-refractivity contribution >= 4 is 59.4 Å². The van der Waals surface area contributed by atoms with Crippen molar-refractivity contribution in [1.29, 1.82) is 0 Å². The number of carboxylic acid groups (broad SMARTS) is 1. The quantitative estimate of drug-likeness (QED) is 0.421. The first-order valence-electron chi connectivity index (χ1n) is 4.06. The van der Waals surface area contributed by atoms with Crippen LogP contribution < -0.4 is 0 Å². The number of thioether (sulfide) groups is 1. The van der Waals surface area contributed by atoms with Crippen LogP contribution in [-0.4, -0.2) is 64.0 Å². The maximum atomic E-state index is 11.2. The average Bonchev–Trinajstić information content (AvgIpc) is 2.15. The van der Waals surface area contributed by atoms with Crippen LogP contribution in [0.5, 0.6) is 0 Å². The van der Waals surface area contributed by atoms with Gasteiger partial charge in [-0.3, -0.25) is 4.79 Å². The van der Waals surface area contributed by atoms with Crippen LogP contribution in [0, 0.1) is 5.92 Å². The number of ether oxygens (including phenoxy) is 1. The van der Waals surface area contributed by atoms with Gasteiger partial charge in [0, 0.05) is 11.5 Å². The van der Waals surface area contributed by atoms with Gasteiger partial charge in [0.05, 0.1) is 5.92 Å². The van der Waals surface area contributed by atoms with E-state index in [1.807, 2.05) is 0 Å². The standard InChI is InChI=1S/C8H14O4S2.Mg.2H/c1-5(3-13)8(11)12-6(4-14-2)7(9)10;;;/h5-6,13H,3-4H2,1-2H3,(H,9,10);;;/q;+2;2*-1/t5-,6?;;;/m0.../s1. The topological polar surface area (TPSA) is 63.6 Å². The molecule has 0 amide bonds. The first-order valence-corrected chi connectivity index (χ1v) is 6.08. The monoisotopic (exact) mass is 264 g/mol. The molecule has 86 valence electrons. The predicted molar refractivity (Wildman–Crippen MR) is 66.9 cm³/mol. The van der Waals surface area contributed by atoms with Gasteiger partial charge in [-0.25, -0.2) is 4.79 Å². The maximum absolute atomic E-state index is 11.2. The predicted octanol–water partition coefficient (Wildman–Crippen LogP) is 0.756. The molecule has 0 rings (SSSR count). The smallest absolute Gasteiger partial charge is 1.00 e. The molecule has 0 spiro atoms. The minimum Gasteiger partial charge on any atom is -1.00 e. The van der Waals surface area contributed by atoms with Crippen LogP contribution in [-0.2, 0) is 14.3 Å². The number of esters is 1. The number of hydrogen-bond donors (Lipinski definition) is 2. The molecule has 7 heteroatoms. The minimum absolute atomic E-state index is 0. The Morgan fingerprint density at radius 2 is 2.13 bits per heavy atom. The van der Waals surface area contributed by atoms with Gasteiger partial charge in [0.25, 0.3) is 0 Å². The minimum atomic E-state index is -1.11. The van der Waals surface area contributed by atoms with Crippen LogP contribution in [0.2, 0.25) is 0 Å². The van der Waals surface area contributed by atoms with E-state index in [0.717, 1.165) is 0 Å². The van der Waals surface area contributed by atoms with Crippen molar-refractivity contribution in [1.82, 2.24) is 0 Å². The van der Waals surface area contributed by atoms with E-state index in [4.69, 9.17) is 9.84 Å².